The maximum atomic E-state index is 12.7. The van der Waals surface area contributed by atoms with Crippen LogP contribution >= 0.6 is 0 Å². The van der Waals surface area contributed by atoms with Gasteiger partial charge in [0, 0.05) is 6.42 Å². The topological polar surface area (TPSA) is 56.8 Å². The standard InChI is InChI=1S/C23H21NO4/c1-2-26-17-11-13-18(14-12-17)27-21-10-6-4-8-19(21)24-23(25)22-15-16-7-3-5-9-20(16)28-22/h3-14,22H,2,15H2,1H3,(H,24,25). The van der Waals surface area contributed by atoms with Crippen LogP contribution in [0, 0.1) is 0 Å². The zero-order valence-electron chi connectivity index (χ0n) is 15.6. The summed E-state index contributed by atoms with van der Waals surface area (Å²) in [6.07, 6.45) is 0.0140. The molecule has 1 heterocycles. The van der Waals surface area contributed by atoms with Crippen LogP contribution in [-0.2, 0) is 11.2 Å². The van der Waals surface area contributed by atoms with Gasteiger partial charge < -0.3 is 19.5 Å². The first-order valence-electron chi connectivity index (χ1n) is 9.28. The van der Waals surface area contributed by atoms with Gasteiger partial charge in [-0.3, -0.25) is 4.79 Å². The van der Waals surface area contributed by atoms with Crippen molar-refractivity contribution in [2.24, 2.45) is 0 Å². The lowest BCUT2D eigenvalue weighted by molar-refractivity contribution is -0.122. The summed E-state index contributed by atoms with van der Waals surface area (Å²) < 4.78 is 17.2. The average Bonchev–Trinajstić information content (AvgIpc) is 3.16. The first-order chi connectivity index (χ1) is 13.7. The lowest BCUT2D eigenvalue weighted by Gasteiger charge is -2.15. The van der Waals surface area contributed by atoms with Crippen molar-refractivity contribution in [1.29, 1.82) is 0 Å². The fourth-order valence-electron chi connectivity index (χ4n) is 3.10. The minimum absolute atomic E-state index is 0.195. The number of anilines is 1. The molecule has 0 saturated heterocycles. The van der Waals surface area contributed by atoms with Crippen LogP contribution in [0.3, 0.4) is 0 Å². The number of hydrogen-bond acceptors (Lipinski definition) is 4. The second kappa shape index (κ2) is 8.05. The molecule has 4 rings (SSSR count). The minimum atomic E-state index is -0.545. The van der Waals surface area contributed by atoms with E-state index in [1.807, 2.05) is 79.7 Å². The Morgan fingerprint density at radius 3 is 2.50 bits per heavy atom. The van der Waals surface area contributed by atoms with E-state index in [9.17, 15) is 4.79 Å². The van der Waals surface area contributed by atoms with E-state index >= 15 is 0 Å². The lowest BCUT2D eigenvalue weighted by Crippen LogP contribution is -2.31. The van der Waals surface area contributed by atoms with Crippen molar-refractivity contribution in [2.75, 3.05) is 11.9 Å². The molecule has 1 N–H and O–H groups in total. The molecule has 0 saturated carbocycles. The van der Waals surface area contributed by atoms with Crippen LogP contribution in [0.1, 0.15) is 12.5 Å². The van der Waals surface area contributed by atoms with Crippen LogP contribution < -0.4 is 19.5 Å². The molecule has 142 valence electrons. The Kier molecular flexibility index (Phi) is 5.15. The van der Waals surface area contributed by atoms with Crippen LogP contribution in [0.25, 0.3) is 0 Å². The third-order valence-corrected chi connectivity index (χ3v) is 4.45. The number of benzene rings is 3. The Hall–Kier alpha value is -3.47. The summed E-state index contributed by atoms with van der Waals surface area (Å²) >= 11 is 0. The molecule has 1 unspecified atom stereocenters. The number of hydrogen-bond donors (Lipinski definition) is 1. The van der Waals surface area contributed by atoms with E-state index < -0.39 is 6.10 Å². The number of ether oxygens (including phenoxy) is 3. The Morgan fingerprint density at radius 2 is 1.71 bits per heavy atom. The second-order valence-electron chi connectivity index (χ2n) is 6.41. The molecule has 0 bridgehead atoms. The van der Waals surface area contributed by atoms with Crippen LogP contribution in [0.4, 0.5) is 5.69 Å². The highest BCUT2D eigenvalue weighted by Crippen LogP contribution is 2.32. The number of carbonyl (C=O) groups excluding carboxylic acids is 1. The van der Waals surface area contributed by atoms with Gasteiger partial charge in [-0.25, -0.2) is 0 Å². The summed E-state index contributed by atoms with van der Waals surface area (Å²) in [7, 11) is 0. The molecule has 1 amide bonds. The normalized spacial score (nSPS) is 14.7. The predicted molar refractivity (Wildman–Crippen MR) is 107 cm³/mol. The summed E-state index contributed by atoms with van der Waals surface area (Å²) in [4.78, 5) is 12.7. The predicted octanol–water partition coefficient (Wildman–Crippen LogP) is 4.82. The molecule has 1 aliphatic rings. The molecule has 0 aromatic heterocycles. The minimum Gasteiger partial charge on any atom is -0.494 e. The van der Waals surface area contributed by atoms with Crippen LogP contribution in [0.5, 0.6) is 23.0 Å². The van der Waals surface area contributed by atoms with Gasteiger partial charge in [-0.15, -0.1) is 0 Å². The molecule has 5 nitrogen and oxygen atoms in total. The molecular formula is C23H21NO4. The van der Waals surface area contributed by atoms with E-state index in [2.05, 4.69) is 5.32 Å². The highest BCUT2D eigenvalue weighted by molar-refractivity contribution is 5.96. The van der Waals surface area contributed by atoms with Crippen molar-refractivity contribution >= 4 is 11.6 Å². The molecule has 28 heavy (non-hydrogen) atoms. The molecular weight excluding hydrogens is 354 g/mol. The summed E-state index contributed by atoms with van der Waals surface area (Å²) in [5, 5.41) is 2.93. The fourth-order valence-corrected chi connectivity index (χ4v) is 3.10. The van der Waals surface area contributed by atoms with Crippen molar-refractivity contribution in [3.8, 4) is 23.0 Å². The van der Waals surface area contributed by atoms with Crippen molar-refractivity contribution in [3.63, 3.8) is 0 Å². The van der Waals surface area contributed by atoms with Gasteiger partial charge in [0.15, 0.2) is 11.9 Å². The Bertz CT molecular complexity index is 943. The average molecular weight is 375 g/mol. The van der Waals surface area contributed by atoms with Gasteiger partial charge in [0.2, 0.25) is 0 Å². The number of fused-ring (bicyclic) bond motifs is 1. The number of amides is 1. The maximum absolute atomic E-state index is 12.7. The second-order valence-corrected chi connectivity index (χ2v) is 6.41. The molecule has 5 heteroatoms. The molecule has 1 aliphatic heterocycles. The van der Waals surface area contributed by atoms with Gasteiger partial charge in [0.25, 0.3) is 5.91 Å². The Balaban J connectivity index is 1.45. The van der Waals surface area contributed by atoms with Crippen LogP contribution in [0.15, 0.2) is 72.8 Å². The Labute approximate surface area is 163 Å². The van der Waals surface area contributed by atoms with Gasteiger partial charge >= 0.3 is 0 Å². The number of nitrogens with one attached hydrogen (secondary N) is 1. The van der Waals surface area contributed by atoms with Crippen molar-refractivity contribution in [1.82, 2.24) is 0 Å². The van der Waals surface area contributed by atoms with E-state index in [4.69, 9.17) is 14.2 Å². The molecule has 3 aromatic rings. The number of rotatable bonds is 6. The molecule has 0 fully saturated rings. The van der Waals surface area contributed by atoms with Crippen molar-refractivity contribution in [2.45, 2.75) is 19.4 Å². The molecule has 0 radical (unpaired) electrons. The first-order valence-corrected chi connectivity index (χ1v) is 9.28. The van der Waals surface area contributed by atoms with Gasteiger partial charge in [0.1, 0.15) is 17.2 Å². The SMILES string of the molecule is CCOc1ccc(Oc2ccccc2NC(=O)C2Cc3ccccc3O2)cc1. The highest BCUT2D eigenvalue weighted by Gasteiger charge is 2.29. The quantitative estimate of drug-likeness (QED) is 0.671. The fraction of sp³-hybridized carbons (Fsp3) is 0.174. The number of carbonyl (C=O) groups is 1. The smallest absolute Gasteiger partial charge is 0.265 e. The van der Waals surface area contributed by atoms with E-state index in [-0.39, 0.29) is 5.91 Å². The maximum Gasteiger partial charge on any atom is 0.265 e. The van der Waals surface area contributed by atoms with Crippen LogP contribution in [-0.4, -0.2) is 18.6 Å². The van der Waals surface area contributed by atoms with E-state index in [1.165, 1.54) is 0 Å². The first kappa shape index (κ1) is 17.9. The van der Waals surface area contributed by atoms with Gasteiger partial charge in [-0.2, -0.15) is 0 Å². The summed E-state index contributed by atoms with van der Waals surface area (Å²) in [6.45, 7) is 2.55. The van der Waals surface area contributed by atoms with E-state index in [0.29, 0.717) is 30.2 Å². The summed E-state index contributed by atoms with van der Waals surface area (Å²) in [6, 6.07) is 22.4. The van der Waals surface area contributed by atoms with Crippen molar-refractivity contribution < 1.29 is 19.0 Å². The molecule has 3 aromatic carbocycles. The molecule has 0 spiro atoms. The highest BCUT2D eigenvalue weighted by atomic mass is 16.5. The largest absolute Gasteiger partial charge is 0.494 e. The summed E-state index contributed by atoms with van der Waals surface area (Å²) in [5.74, 6) is 2.58. The van der Waals surface area contributed by atoms with E-state index in [1.54, 1.807) is 0 Å². The monoisotopic (exact) mass is 375 g/mol. The molecule has 0 aliphatic carbocycles. The third kappa shape index (κ3) is 3.93. The zero-order valence-corrected chi connectivity index (χ0v) is 15.6. The third-order valence-electron chi connectivity index (χ3n) is 4.45. The Morgan fingerprint density at radius 1 is 1.00 bits per heavy atom. The number of para-hydroxylation sites is 3. The zero-order chi connectivity index (χ0) is 19.3. The van der Waals surface area contributed by atoms with Crippen LogP contribution in [0.2, 0.25) is 0 Å². The van der Waals surface area contributed by atoms with Gasteiger partial charge in [-0.1, -0.05) is 30.3 Å². The molecule has 1 atom stereocenters. The van der Waals surface area contributed by atoms with Gasteiger partial charge in [0.05, 0.1) is 12.3 Å². The summed E-state index contributed by atoms with van der Waals surface area (Å²) in [5.41, 5.74) is 1.64. The lowest BCUT2D eigenvalue weighted by atomic mass is 10.1. The van der Waals surface area contributed by atoms with Crippen molar-refractivity contribution in [3.05, 3.63) is 78.4 Å². The van der Waals surface area contributed by atoms with Gasteiger partial charge in [-0.05, 0) is 55.0 Å². The van der Waals surface area contributed by atoms with E-state index in [0.717, 1.165) is 17.1 Å².